The first kappa shape index (κ1) is 18.8. The fraction of sp³-hybridized carbons (Fsp3) is 0.348. The molecule has 3 aromatic rings. The van der Waals surface area contributed by atoms with Gasteiger partial charge < -0.3 is 4.74 Å². The van der Waals surface area contributed by atoms with Gasteiger partial charge in [0.15, 0.2) is 0 Å². The maximum Gasteiger partial charge on any atom is 0.123 e. The molecule has 2 heterocycles. The maximum absolute atomic E-state index is 13.8. The summed E-state index contributed by atoms with van der Waals surface area (Å²) in [6.07, 6.45) is 3.23. The monoisotopic (exact) mass is 379 g/mol. The second-order valence-corrected chi connectivity index (χ2v) is 7.64. The van der Waals surface area contributed by atoms with E-state index in [2.05, 4.69) is 30.2 Å². The summed E-state index contributed by atoms with van der Waals surface area (Å²) in [5, 5.41) is 4.83. The quantitative estimate of drug-likeness (QED) is 0.634. The number of methoxy groups -OCH3 is 1. The Morgan fingerprint density at radius 3 is 2.82 bits per heavy atom. The third-order valence-corrected chi connectivity index (χ3v) is 5.32. The Labute approximate surface area is 165 Å². The van der Waals surface area contributed by atoms with Crippen LogP contribution in [0.3, 0.4) is 0 Å². The molecule has 0 N–H and O–H groups in total. The van der Waals surface area contributed by atoms with Gasteiger partial charge in [-0.05, 0) is 55.6 Å². The van der Waals surface area contributed by atoms with Gasteiger partial charge in [0, 0.05) is 37.5 Å². The van der Waals surface area contributed by atoms with Crippen LogP contribution in [0.5, 0.6) is 0 Å². The van der Waals surface area contributed by atoms with Crippen molar-refractivity contribution in [3.63, 3.8) is 0 Å². The molecule has 146 valence electrons. The number of hydrogen-bond acceptors (Lipinski definition) is 3. The molecule has 0 amide bonds. The van der Waals surface area contributed by atoms with Crippen LogP contribution in [0.25, 0.3) is 16.9 Å². The summed E-state index contributed by atoms with van der Waals surface area (Å²) in [6.45, 7) is 5.74. The normalized spacial score (nSPS) is 17.3. The lowest BCUT2D eigenvalue weighted by molar-refractivity contribution is 0.152. The van der Waals surface area contributed by atoms with Crippen molar-refractivity contribution < 1.29 is 9.13 Å². The number of rotatable bonds is 6. The molecule has 1 fully saturated rings. The summed E-state index contributed by atoms with van der Waals surface area (Å²) in [5.74, 6) is 0.337. The topological polar surface area (TPSA) is 30.3 Å². The van der Waals surface area contributed by atoms with Crippen LogP contribution >= 0.6 is 0 Å². The van der Waals surface area contributed by atoms with Crippen LogP contribution in [0.15, 0.2) is 54.7 Å². The van der Waals surface area contributed by atoms with Crippen molar-refractivity contribution >= 4 is 0 Å². The summed E-state index contributed by atoms with van der Waals surface area (Å²) < 4.78 is 21.1. The molecular weight excluding hydrogens is 353 g/mol. The predicted octanol–water partition coefficient (Wildman–Crippen LogP) is 4.46. The summed E-state index contributed by atoms with van der Waals surface area (Å²) in [7, 11) is 1.76. The number of likely N-dealkylation sites (tertiary alicyclic amines) is 1. The largest absolute Gasteiger partial charge is 0.384 e. The molecule has 28 heavy (non-hydrogen) atoms. The first-order valence-electron chi connectivity index (χ1n) is 9.75. The Balaban J connectivity index is 1.67. The Bertz CT molecular complexity index is 953. The highest BCUT2D eigenvalue weighted by atomic mass is 19.1. The van der Waals surface area contributed by atoms with Crippen molar-refractivity contribution in [3.05, 3.63) is 71.7 Å². The number of aromatic nitrogens is 2. The molecule has 0 aliphatic carbocycles. The Morgan fingerprint density at radius 2 is 2.04 bits per heavy atom. The Kier molecular flexibility index (Phi) is 5.55. The molecule has 4 nitrogen and oxygen atoms in total. The lowest BCUT2D eigenvalue weighted by atomic mass is 10.1. The molecule has 1 aromatic heterocycles. The van der Waals surface area contributed by atoms with Gasteiger partial charge in [0.05, 0.1) is 18.0 Å². The van der Waals surface area contributed by atoms with Gasteiger partial charge in [-0.2, -0.15) is 5.10 Å². The zero-order chi connectivity index (χ0) is 19.5. The first-order valence-corrected chi connectivity index (χ1v) is 9.75. The van der Waals surface area contributed by atoms with Crippen LogP contribution in [0.2, 0.25) is 0 Å². The molecular formula is C23H26FN3O. The van der Waals surface area contributed by atoms with Gasteiger partial charge in [-0.25, -0.2) is 9.07 Å². The van der Waals surface area contributed by atoms with Gasteiger partial charge in [-0.15, -0.1) is 0 Å². The summed E-state index contributed by atoms with van der Waals surface area (Å²) in [6, 6.07) is 14.9. The van der Waals surface area contributed by atoms with Crippen molar-refractivity contribution in [3.8, 4) is 16.9 Å². The molecule has 0 saturated carbocycles. The molecule has 0 spiro atoms. The molecule has 0 radical (unpaired) electrons. The van der Waals surface area contributed by atoms with Crippen LogP contribution in [0.4, 0.5) is 4.39 Å². The molecule has 2 aromatic carbocycles. The molecule has 0 bridgehead atoms. The number of hydrogen-bond donors (Lipinski definition) is 0. The fourth-order valence-corrected chi connectivity index (χ4v) is 3.98. The third kappa shape index (κ3) is 4.16. The first-order chi connectivity index (χ1) is 13.6. The zero-order valence-electron chi connectivity index (χ0n) is 16.4. The van der Waals surface area contributed by atoms with E-state index in [1.807, 2.05) is 22.9 Å². The standard InChI is InChI=1S/C23H26FN3O/c1-17-5-3-8-22(11-17)27-15-20(14-26-10-9-18(13-26)16-28-2)23(25-27)19-6-4-7-21(24)12-19/h3-8,11-12,15,18H,9-10,13-14,16H2,1-2H3. The van der Waals surface area contributed by atoms with Gasteiger partial charge >= 0.3 is 0 Å². The van der Waals surface area contributed by atoms with Crippen LogP contribution in [0, 0.1) is 18.7 Å². The minimum atomic E-state index is -0.241. The number of aryl methyl sites for hydroxylation is 1. The SMILES string of the molecule is COCC1CCN(Cc2cn(-c3cccc(C)c3)nc2-c2cccc(F)c2)C1. The average Bonchev–Trinajstić information content (AvgIpc) is 3.30. The van der Waals surface area contributed by atoms with Gasteiger partial charge in [-0.1, -0.05) is 24.3 Å². The number of halogens is 1. The fourth-order valence-electron chi connectivity index (χ4n) is 3.98. The smallest absolute Gasteiger partial charge is 0.123 e. The lowest BCUT2D eigenvalue weighted by Gasteiger charge is -2.15. The second kappa shape index (κ2) is 8.25. The minimum Gasteiger partial charge on any atom is -0.384 e. The van der Waals surface area contributed by atoms with Gasteiger partial charge in [-0.3, -0.25) is 4.90 Å². The molecule has 1 aliphatic rings. The summed E-state index contributed by atoms with van der Waals surface area (Å²) in [5.41, 5.74) is 4.97. The predicted molar refractivity (Wildman–Crippen MR) is 109 cm³/mol. The van der Waals surface area contributed by atoms with E-state index < -0.39 is 0 Å². The van der Waals surface area contributed by atoms with E-state index in [1.54, 1.807) is 19.2 Å². The van der Waals surface area contributed by atoms with E-state index in [1.165, 1.54) is 11.6 Å². The van der Waals surface area contributed by atoms with Crippen molar-refractivity contribution in [2.75, 3.05) is 26.8 Å². The molecule has 4 rings (SSSR count). The van der Waals surface area contributed by atoms with E-state index in [9.17, 15) is 4.39 Å². The maximum atomic E-state index is 13.8. The van der Waals surface area contributed by atoms with Crippen molar-refractivity contribution in [2.45, 2.75) is 19.9 Å². The van der Waals surface area contributed by atoms with E-state index in [0.29, 0.717) is 5.92 Å². The van der Waals surface area contributed by atoms with E-state index in [4.69, 9.17) is 9.84 Å². The molecule has 1 saturated heterocycles. The van der Waals surface area contributed by atoms with E-state index in [0.717, 1.165) is 55.2 Å². The van der Waals surface area contributed by atoms with Crippen molar-refractivity contribution in [2.24, 2.45) is 5.92 Å². The highest BCUT2D eigenvalue weighted by Gasteiger charge is 2.24. The lowest BCUT2D eigenvalue weighted by Crippen LogP contribution is -2.21. The van der Waals surface area contributed by atoms with Crippen molar-refractivity contribution in [1.82, 2.24) is 14.7 Å². The van der Waals surface area contributed by atoms with Crippen LogP contribution in [-0.2, 0) is 11.3 Å². The van der Waals surface area contributed by atoms with Gasteiger partial charge in [0.1, 0.15) is 5.82 Å². The number of benzene rings is 2. The number of nitrogens with zero attached hydrogens (tertiary/aromatic N) is 3. The van der Waals surface area contributed by atoms with E-state index >= 15 is 0 Å². The van der Waals surface area contributed by atoms with Crippen molar-refractivity contribution in [1.29, 1.82) is 0 Å². The second-order valence-electron chi connectivity index (χ2n) is 7.64. The van der Waals surface area contributed by atoms with Gasteiger partial charge in [0.2, 0.25) is 0 Å². The molecule has 5 heteroatoms. The average molecular weight is 379 g/mol. The van der Waals surface area contributed by atoms with Crippen LogP contribution in [-0.4, -0.2) is 41.5 Å². The highest BCUT2D eigenvalue weighted by molar-refractivity contribution is 5.63. The highest BCUT2D eigenvalue weighted by Crippen LogP contribution is 2.27. The van der Waals surface area contributed by atoms with E-state index in [-0.39, 0.29) is 5.82 Å². The van der Waals surface area contributed by atoms with Crippen LogP contribution < -0.4 is 0 Å². The zero-order valence-corrected chi connectivity index (χ0v) is 16.4. The molecule has 1 atom stereocenters. The Hall–Kier alpha value is -2.50. The minimum absolute atomic E-state index is 0.241. The molecule has 1 unspecified atom stereocenters. The molecule has 1 aliphatic heterocycles. The summed E-state index contributed by atoms with van der Waals surface area (Å²) in [4.78, 5) is 2.43. The third-order valence-electron chi connectivity index (χ3n) is 5.32. The number of ether oxygens (including phenoxy) is 1. The summed E-state index contributed by atoms with van der Waals surface area (Å²) >= 11 is 0. The Morgan fingerprint density at radius 1 is 1.18 bits per heavy atom. The van der Waals surface area contributed by atoms with Gasteiger partial charge in [0.25, 0.3) is 0 Å². The van der Waals surface area contributed by atoms with Crippen LogP contribution in [0.1, 0.15) is 17.5 Å².